The van der Waals surface area contributed by atoms with Gasteiger partial charge in [0.2, 0.25) is 0 Å². The molecule has 0 amide bonds. The molecule has 78 valence electrons. The number of fused-ring (bicyclic) bond motifs is 1. The summed E-state index contributed by atoms with van der Waals surface area (Å²) in [4.78, 5) is 18.5. The van der Waals surface area contributed by atoms with Crippen molar-refractivity contribution in [1.82, 2.24) is 14.4 Å². The van der Waals surface area contributed by atoms with E-state index in [9.17, 15) is 4.79 Å². The first kappa shape index (κ1) is 8.91. The molecule has 4 nitrogen and oxygen atoms in total. The summed E-state index contributed by atoms with van der Waals surface area (Å²) in [6, 6.07) is 9.72. The van der Waals surface area contributed by atoms with Gasteiger partial charge in [-0.05, 0) is 5.56 Å². The van der Waals surface area contributed by atoms with E-state index >= 15 is 0 Å². The van der Waals surface area contributed by atoms with Crippen molar-refractivity contribution >= 4 is 5.52 Å². The standard InChI is InChI=1S/C12H9N3O/c16-12-11-6-13-8-15(11)7-10(14-12)9-4-2-1-3-5-9/h1-8H,(H,14,16). The van der Waals surface area contributed by atoms with Crippen LogP contribution in [0.15, 0.2) is 53.8 Å². The smallest absolute Gasteiger partial charge is 0.274 e. The van der Waals surface area contributed by atoms with E-state index < -0.39 is 0 Å². The topological polar surface area (TPSA) is 50.2 Å². The van der Waals surface area contributed by atoms with Gasteiger partial charge < -0.3 is 4.98 Å². The van der Waals surface area contributed by atoms with Crippen LogP contribution >= 0.6 is 0 Å². The average molecular weight is 211 g/mol. The van der Waals surface area contributed by atoms with E-state index in [1.165, 1.54) is 0 Å². The summed E-state index contributed by atoms with van der Waals surface area (Å²) < 4.78 is 1.72. The molecule has 0 saturated carbocycles. The second-order valence-corrected chi connectivity index (χ2v) is 3.55. The quantitative estimate of drug-likeness (QED) is 0.665. The molecule has 2 aromatic heterocycles. The lowest BCUT2D eigenvalue weighted by Gasteiger charge is -2.02. The van der Waals surface area contributed by atoms with Crippen LogP contribution < -0.4 is 5.56 Å². The first-order valence-corrected chi connectivity index (χ1v) is 4.95. The molecule has 16 heavy (non-hydrogen) atoms. The van der Waals surface area contributed by atoms with Crippen molar-refractivity contribution in [1.29, 1.82) is 0 Å². The third-order valence-corrected chi connectivity index (χ3v) is 2.50. The molecule has 0 aliphatic heterocycles. The zero-order valence-corrected chi connectivity index (χ0v) is 8.42. The zero-order chi connectivity index (χ0) is 11.0. The number of H-pyrrole nitrogens is 1. The van der Waals surface area contributed by atoms with Crippen LogP contribution in [0, 0.1) is 0 Å². The molecule has 0 radical (unpaired) electrons. The Morgan fingerprint density at radius 2 is 2.00 bits per heavy atom. The van der Waals surface area contributed by atoms with Crippen LogP contribution in [0.2, 0.25) is 0 Å². The maximum Gasteiger partial charge on any atom is 0.274 e. The molecule has 3 rings (SSSR count). The van der Waals surface area contributed by atoms with Crippen molar-refractivity contribution in [2.75, 3.05) is 0 Å². The summed E-state index contributed by atoms with van der Waals surface area (Å²) in [7, 11) is 0. The Bertz CT molecular complexity index is 682. The molecule has 1 N–H and O–H groups in total. The Morgan fingerprint density at radius 1 is 1.19 bits per heavy atom. The zero-order valence-electron chi connectivity index (χ0n) is 8.42. The van der Waals surface area contributed by atoms with Crippen LogP contribution in [-0.2, 0) is 0 Å². The molecular weight excluding hydrogens is 202 g/mol. The highest BCUT2D eigenvalue weighted by Gasteiger charge is 2.03. The number of nitrogens with zero attached hydrogens (tertiary/aromatic N) is 2. The molecule has 0 atom stereocenters. The van der Waals surface area contributed by atoms with Crippen LogP contribution in [-0.4, -0.2) is 14.4 Å². The first-order chi connectivity index (χ1) is 7.84. The van der Waals surface area contributed by atoms with Gasteiger partial charge in [0.25, 0.3) is 5.56 Å². The van der Waals surface area contributed by atoms with Gasteiger partial charge in [-0.1, -0.05) is 30.3 Å². The lowest BCUT2D eigenvalue weighted by molar-refractivity contribution is 1.09. The average Bonchev–Trinajstić information content (AvgIpc) is 2.79. The van der Waals surface area contributed by atoms with Gasteiger partial charge in [0, 0.05) is 6.20 Å². The summed E-state index contributed by atoms with van der Waals surface area (Å²) >= 11 is 0. The van der Waals surface area contributed by atoms with Crippen LogP contribution in [0.1, 0.15) is 0 Å². The number of benzene rings is 1. The number of nitrogens with one attached hydrogen (secondary N) is 1. The summed E-state index contributed by atoms with van der Waals surface area (Å²) in [6.45, 7) is 0. The van der Waals surface area contributed by atoms with Crippen molar-refractivity contribution < 1.29 is 0 Å². The first-order valence-electron chi connectivity index (χ1n) is 4.95. The van der Waals surface area contributed by atoms with E-state index in [4.69, 9.17) is 0 Å². The van der Waals surface area contributed by atoms with Crippen molar-refractivity contribution in [2.24, 2.45) is 0 Å². The van der Waals surface area contributed by atoms with Crippen molar-refractivity contribution in [3.8, 4) is 11.3 Å². The lowest BCUT2D eigenvalue weighted by Crippen LogP contribution is -2.09. The highest BCUT2D eigenvalue weighted by Crippen LogP contribution is 2.14. The minimum absolute atomic E-state index is 0.126. The highest BCUT2D eigenvalue weighted by molar-refractivity contribution is 5.59. The number of hydrogen-bond donors (Lipinski definition) is 1. The Kier molecular flexibility index (Phi) is 1.86. The van der Waals surface area contributed by atoms with Crippen LogP contribution in [0.25, 0.3) is 16.8 Å². The Morgan fingerprint density at radius 3 is 2.81 bits per heavy atom. The third-order valence-electron chi connectivity index (χ3n) is 2.50. The highest BCUT2D eigenvalue weighted by atomic mass is 16.1. The fraction of sp³-hybridized carbons (Fsp3) is 0. The molecule has 0 spiro atoms. The largest absolute Gasteiger partial charge is 0.319 e. The van der Waals surface area contributed by atoms with E-state index in [1.807, 2.05) is 36.5 Å². The van der Waals surface area contributed by atoms with E-state index in [1.54, 1.807) is 16.9 Å². The lowest BCUT2D eigenvalue weighted by atomic mass is 10.2. The Hall–Kier alpha value is -2.36. The molecule has 0 unspecified atom stereocenters. The van der Waals surface area contributed by atoms with Gasteiger partial charge in [0.05, 0.1) is 18.2 Å². The number of rotatable bonds is 1. The fourth-order valence-electron chi connectivity index (χ4n) is 1.71. The summed E-state index contributed by atoms with van der Waals surface area (Å²) in [6.07, 6.45) is 5.03. The second kappa shape index (κ2) is 3.34. The van der Waals surface area contributed by atoms with Gasteiger partial charge in [-0.3, -0.25) is 9.20 Å². The Labute approximate surface area is 91.2 Å². The maximum atomic E-state index is 11.7. The third kappa shape index (κ3) is 1.32. The number of aromatic amines is 1. The number of hydrogen-bond acceptors (Lipinski definition) is 2. The van der Waals surface area contributed by atoms with Gasteiger partial charge in [0.1, 0.15) is 5.52 Å². The minimum atomic E-state index is -0.126. The monoisotopic (exact) mass is 211 g/mol. The van der Waals surface area contributed by atoms with Gasteiger partial charge in [-0.25, -0.2) is 4.98 Å². The predicted octanol–water partition coefficient (Wildman–Crippen LogP) is 1.69. The molecule has 0 bridgehead atoms. The molecular formula is C12H9N3O. The van der Waals surface area contributed by atoms with Crippen molar-refractivity contribution in [3.05, 3.63) is 59.4 Å². The normalized spacial score (nSPS) is 10.8. The predicted molar refractivity (Wildman–Crippen MR) is 61.2 cm³/mol. The minimum Gasteiger partial charge on any atom is -0.319 e. The molecule has 3 aromatic rings. The number of imidazole rings is 1. The van der Waals surface area contributed by atoms with E-state index in [2.05, 4.69) is 9.97 Å². The molecule has 0 aliphatic carbocycles. The summed E-state index contributed by atoms with van der Waals surface area (Å²) in [5.74, 6) is 0. The summed E-state index contributed by atoms with van der Waals surface area (Å²) in [5, 5.41) is 0. The SMILES string of the molecule is O=c1[nH]c(-c2ccccc2)cn2cncc12. The van der Waals surface area contributed by atoms with Crippen LogP contribution in [0.3, 0.4) is 0 Å². The van der Waals surface area contributed by atoms with Crippen LogP contribution in [0.5, 0.6) is 0 Å². The second-order valence-electron chi connectivity index (χ2n) is 3.55. The van der Waals surface area contributed by atoms with Gasteiger partial charge in [-0.2, -0.15) is 0 Å². The molecule has 0 saturated heterocycles. The van der Waals surface area contributed by atoms with E-state index in [0.29, 0.717) is 5.52 Å². The maximum absolute atomic E-state index is 11.7. The van der Waals surface area contributed by atoms with Crippen LogP contribution in [0.4, 0.5) is 0 Å². The fourth-order valence-corrected chi connectivity index (χ4v) is 1.71. The molecule has 1 aromatic carbocycles. The molecule has 2 heterocycles. The summed E-state index contributed by atoms with van der Waals surface area (Å²) in [5.41, 5.74) is 2.20. The molecule has 4 heteroatoms. The Balaban J connectivity index is 2.30. The van der Waals surface area contributed by atoms with Gasteiger partial charge in [0.15, 0.2) is 0 Å². The molecule has 0 fully saturated rings. The van der Waals surface area contributed by atoms with E-state index in [0.717, 1.165) is 11.3 Å². The van der Waals surface area contributed by atoms with Crippen molar-refractivity contribution in [3.63, 3.8) is 0 Å². The van der Waals surface area contributed by atoms with Crippen molar-refractivity contribution in [2.45, 2.75) is 0 Å². The number of aromatic nitrogens is 3. The van der Waals surface area contributed by atoms with Gasteiger partial charge >= 0.3 is 0 Å². The van der Waals surface area contributed by atoms with Gasteiger partial charge in [-0.15, -0.1) is 0 Å². The molecule has 0 aliphatic rings. The van der Waals surface area contributed by atoms with E-state index in [-0.39, 0.29) is 5.56 Å².